The lowest BCUT2D eigenvalue weighted by Crippen LogP contribution is -2.52. The van der Waals surface area contributed by atoms with Crippen LogP contribution in [0.1, 0.15) is 32.1 Å². The second-order valence-electron chi connectivity index (χ2n) is 6.04. The summed E-state index contributed by atoms with van der Waals surface area (Å²) in [6.07, 6.45) is 5.79. The summed E-state index contributed by atoms with van der Waals surface area (Å²) in [6, 6.07) is -0.389. The van der Waals surface area contributed by atoms with Crippen LogP contribution in [0.15, 0.2) is 0 Å². The maximum atomic E-state index is 12.4. The second-order valence-corrected chi connectivity index (χ2v) is 6.04. The number of carbonyl (C=O) groups is 3. The molecule has 0 aromatic rings. The van der Waals surface area contributed by atoms with Gasteiger partial charge in [0, 0.05) is 13.1 Å². The van der Waals surface area contributed by atoms with Gasteiger partial charge in [-0.15, -0.1) is 0 Å². The van der Waals surface area contributed by atoms with E-state index in [1.807, 2.05) is 0 Å². The number of aliphatic carboxylic acids is 1. The molecule has 3 N–H and O–H groups in total. The predicted octanol–water partition coefficient (Wildman–Crippen LogP) is 0.490. The standard InChI is InChI=1S/C14H23N3O4/c15-12(18)8-17(9-13(19)20)14(21)16-6-5-10-3-1-2-4-11(10)7-16/h10-11H,1-9H2,(H2,15,18)(H,19,20). The molecule has 1 heterocycles. The Kier molecular flexibility index (Phi) is 5.03. The number of urea groups is 1. The fraction of sp³-hybridized carbons (Fsp3) is 0.786. The average molecular weight is 297 g/mol. The molecule has 118 valence electrons. The molecular weight excluding hydrogens is 274 g/mol. The minimum Gasteiger partial charge on any atom is -0.480 e. The number of hydrogen-bond acceptors (Lipinski definition) is 3. The highest BCUT2D eigenvalue weighted by molar-refractivity contribution is 5.86. The molecule has 2 rings (SSSR count). The van der Waals surface area contributed by atoms with Crippen LogP contribution in [0.25, 0.3) is 0 Å². The zero-order chi connectivity index (χ0) is 15.4. The highest BCUT2D eigenvalue weighted by Gasteiger charge is 2.35. The van der Waals surface area contributed by atoms with Crippen molar-refractivity contribution in [3.05, 3.63) is 0 Å². The predicted molar refractivity (Wildman–Crippen MR) is 75.4 cm³/mol. The van der Waals surface area contributed by atoms with E-state index in [1.165, 1.54) is 19.3 Å². The lowest BCUT2D eigenvalue weighted by atomic mass is 9.75. The molecular formula is C14H23N3O4. The summed E-state index contributed by atoms with van der Waals surface area (Å²) in [6.45, 7) is 0.454. The van der Waals surface area contributed by atoms with Crippen LogP contribution in [-0.2, 0) is 9.59 Å². The number of hydrogen-bond donors (Lipinski definition) is 2. The molecule has 2 unspecified atom stereocenters. The first-order chi connectivity index (χ1) is 9.97. The van der Waals surface area contributed by atoms with Gasteiger partial charge in [-0.2, -0.15) is 0 Å². The molecule has 1 aliphatic carbocycles. The van der Waals surface area contributed by atoms with Crippen molar-refractivity contribution >= 4 is 17.9 Å². The van der Waals surface area contributed by atoms with Gasteiger partial charge >= 0.3 is 12.0 Å². The van der Waals surface area contributed by atoms with Crippen molar-refractivity contribution in [2.45, 2.75) is 32.1 Å². The minimum atomic E-state index is -1.14. The SMILES string of the molecule is NC(=O)CN(CC(=O)O)C(=O)N1CCC2CCCCC2C1. The number of amides is 3. The molecule has 2 aliphatic rings. The monoisotopic (exact) mass is 297 g/mol. The van der Waals surface area contributed by atoms with E-state index in [1.54, 1.807) is 4.90 Å². The molecule has 7 heteroatoms. The molecule has 1 aliphatic heterocycles. The maximum absolute atomic E-state index is 12.4. The molecule has 0 bridgehead atoms. The first kappa shape index (κ1) is 15.6. The van der Waals surface area contributed by atoms with Gasteiger partial charge in [-0.1, -0.05) is 19.3 Å². The minimum absolute atomic E-state index is 0.351. The number of nitrogens with zero attached hydrogens (tertiary/aromatic N) is 2. The zero-order valence-corrected chi connectivity index (χ0v) is 12.2. The van der Waals surface area contributed by atoms with Gasteiger partial charge in [-0.3, -0.25) is 9.59 Å². The molecule has 7 nitrogen and oxygen atoms in total. The molecule has 21 heavy (non-hydrogen) atoms. The lowest BCUT2D eigenvalue weighted by molar-refractivity contribution is -0.138. The summed E-state index contributed by atoms with van der Waals surface area (Å²) in [4.78, 5) is 37.0. The molecule has 2 atom stereocenters. The molecule has 1 saturated carbocycles. The van der Waals surface area contributed by atoms with Crippen LogP contribution in [0.2, 0.25) is 0 Å². The van der Waals surface area contributed by atoms with Crippen molar-refractivity contribution in [3.63, 3.8) is 0 Å². The third kappa shape index (κ3) is 4.09. The smallest absolute Gasteiger partial charge is 0.323 e. The third-order valence-electron chi connectivity index (χ3n) is 4.51. The number of likely N-dealkylation sites (tertiary alicyclic amines) is 1. The van der Waals surface area contributed by atoms with E-state index in [0.717, 1.165) is 17.7 Å². The van der Waals surface area contributed by atoms with Crippen molar-refractivity contribution in [2.75, 3.05) is 26.2 Å². The molecule has 0 spiro atoms. The highest BCUT2D eigenvalue weighted by atomic mass is 16.4. The van der Waals surface area contributed by atoms with Gasteiger partial charge < -0.3 is 20.6 Å². The number of carboxylic acid groups (broad SMARTS) is 1. The normalized spacial score (nSPS) is 25.0. The first-order valence-corrected chi connectivity index (χ1v) is 7.51. The fourth-order valence-electron chi connectivity index (χ4n) is 3.52. The van der Waals surface area contributed by atoms with Crippen molar-refractivity contribution in [3.8, 4) is 0 Å². The average Bonchev–Trinajstić information content (AvgIpc) is 2.44. The summed E-state index contributed by atoms with van der Waals surface area (Å²) in [5, 5.41) is 8.87. The Bertz CT molecular complexity index is 410. The maximum Gasteiger partial charge on any atom is 0.323 e. The number of fused-ring (bicyclic) bond motifs is 1. The second kappa shape index (κ2) is 6.78. The van der Waals surface area contributed by atoms with Gasteiger partial charge in [0.05, 0.1) is 0 Å². The van der Waals surface area contributed by atoms with Crippen molar-refractivity contribution < 1.29 is 19.5 Å². The van der Waals surface area contributed by atoms with Gasteiger partial charge in [-0.25, -0.2) is 4.79 Å². The van der Waals surface area contributed by atoms with Crippen LogP contribution in [0, 0.1) is 11.8 Å². The van der Waals surface area contributed by atoms with Crippen LogP contribution in [0.5, 0.6) is 0 Å². The Labute approximate surface area is 124 Å². The molecule has 2 fully saturated rings. The molecule has 0 aromatic heterocycles. The van der Waals surface area contributed by atoms with Crippen LogP contribution in [-0.4, -0.2) is 59.0 Å². The van der Waals surface area contributed by atoms with Crippen LogP contribution in [0.4, 0.5) is 4.79 Å². The zero-order valence-electron chi connectivity index (χ0n) is 12.2. The van der Waals surface area contributed by atoms with E-state index in [-0.39, 0.29) is 12.6 Å². The number of rotatable bonds is 4. The summed E-state index contributed by atoms with van der Waals surface area (Å²) in [5.74, 6) is -0.641. The van der Waals surface area contributed by atoms with Crippen LogP contribution >= 0.6 is 0 Å². The molecule has 3 amide bonds. The van der Waals surface area contributed by atoms with Gasteiger partial charge in [0.2, 0.25) is 5.91 Å². The fourth-order valence-corrected chi connectivity index (χ4v) is 3.52. The van der Waals surface area contributed by atoms with Gasteiger partial charge in [0.1, 0.15) is 13.1 Å². The summed E-state index contributed by atoms with van der Waals surface area (Å²) in [5.41, 5.74) is 5.10. The molecule has 1 saturated heterocycles. The van der Waals surface area contributed by atoms with Crippen LogP contribution in [0.3, 0.4) is 0 Å². The van der Waals surface area contributed by atoms with Crippen molar-refractivity contribution in [2.24, 2.45) is 17.6 Å². The number of carbonyl (C=O) groups excluding carboxylic acids is 2. The van der Waals surface area contributed by atoms with E-state index < -0.39 is 18.4 Å². The van der Waals surface area contributed by atoms with E-state index in [9.17, 15) is 14.4 Å². The van der Waals surface area contributed by atoms with Crippen molar-refractivity contribution in [1.82, 2.24) is 9.80 Å². The topological polar surface area (TPSA) is 104 Å². The Morgan fingerprint density at radius 2 is 1.76 bits per heavy atom. The Hall–Kier alpha value is -1.79. The number of nitrogens with two attached hydrogens (primary N) is 1. The molecule has 0 aromatic carbocycles. The number of primary amides is 1. The lowest BCUT2D eigenvalue weighted by Gasteiger charge is -2.42. The van der Waals surface area contributed by atoms with Gasteiger partial charge in [0.25, 0.3) is 0 Å². The number of carboxylic acids is 1. The van der Waals surface area contributed by atoms with Gasteiger partial charge in [-0.05, 0) is 24.7 Å². The summed E-state index contributed by atoms with van der Waals surface area (Å²) in [7, 11) is 0. The quantitative estimate of drug-likeness (QED) is 0.788. The summed E-state index contributed by atoms with van der Waals surface area (Å²) >= 11 is 0. The largest absolute Gasteiger partial charge is 0.480 e. The first-order valence-electron chi connectivity index (χ1n) is 7.51. The van der Waals surface area contributed by atoms with E-state index >= 15 is 0 Å². The molecule has 0 radical (unpaired) electrons. The van der Waals surface area contributed by atoms with E-state index in [4.69, 9.17) is 10.8 Å². The Morgan fingerprint density at radius 3 is 2.38 bits per heavy atom. The van der Waals surface area contributed by atoms with Crippen molar-refractivity contribution in [1.29, 1.82) is 0 Å². The van der Waals surface area contributed by atoms with E-state index in [2.05, 4.69) is 0 Å². The van der Waals surface area contributed by atoms with Gasteiger partial charge in [0.15, 0.2) is 0 Å². The summed E-state index contributed by atoms with van der Waals surface area (Å²) < 4.78 is 0. The highest BCUT2D eigenvalue weighted by Crippen LogP contribution is 2.36. The third-order valence-corrected chi connectivity index (χ3v) is 4.51. The number of piperidine rings is 1. The Balaban J connectivity index is 1.99. The van der Waals surface area contributed by atoms with E-state index in [0.29, 0.717) is 24.9 Å². The Morgan fingerprint density at radius 1 is 1.10 bits per heavy atom. The van der Waals surface area contributed by atoms with Crippen LogP contribution < -0.4 is 5.73 Å².